The third-order valence-corrected chi connectivity index (χ3v) is 2.94. The summed E-state index contributed by atoms with van der Waals surface area (Å²) in [6.45, 7) is 6.60. The fourth-order valence-electron chi connectivity index (χ4n) is 2.24. The predicted molar refractivity (Wildman–Crippen MR) is 66.3 cm³/mol. The number of nitrogens with two attached hydrogens (primary N) is 1. The minimum absolute atomic E-state index is 0.0229. The van der Waals surface area contributed by atoms with Crippen molar-refractivity contribution in [3.05, 3.63) is 0 Å². The Hall–Kier alpha value is -1.10. The van der Waals surface area contributed by atoms with Gasteiger partial charge in [0, 0.05) is 19.5 Å². The van der Waals surface area contributed by atoms with Gasteiger partial charge in [-0.2, -0.15) is 0 Å². The molecule has 1 saturated heterocycles. The van der Waals surface area contributed by atoms with Crippen molar-refractivity contribution in [2.45, 2.75) is 39.2 Å². The highest BCUT2D eigenvalue weighted by Gasteiger charge is 2.30. The molecule has 0 bridgehead atoms. The lowest BCUT2D eigenvalue weighted by Crippen LogP contribution is -2.45. The summed E-state index contributed by atoms with van der Waals surface area (Å²) in [4.78, 5) is 24.7. The van der Waals surface area contributed by atoms with E-state index in [4.69, 9.17) is 5.73 Å². The molecule has 0 saturated carbocycles. The van der Waals surface area contributed by atoms with Crippen molar-refractivity contribution in [1.82, 2.24) is 10.2 Å². The van der Waals surface area contributed by atoms with Crippen molar-refractivity contribution in [2.24, 2.45) is 11.7 Å². The number of nitrogens with one attached hydrogen (secondary N) is 1. The van der Waals surface area contributed by atoms with Crippen LogP contribution in [0.1, 0.15) is 33.1 Å². The zero-order valence-electron chi connectivity index (χ0n) is 10.7. The lowest BCUT2D eigenvalue weighted by Gasteiger charge is -2.25. The maximum atomic E-state index is 11.9. The van der Waals surface area contributed by atoms with E-state index in [1.807, 2.05) is 0 Å². The van der Waals surface area contributed by atoms with Crippen LogP contribution >= 0.6 is 0 Å². The summed E-state index contributed by atoms with van der Waals surface area (Å²) in [7, 11) is 0. The summed E-state index contributed by atoms with van der Waals surface area (Å²) in [5.41, 5.74) is 5.02. The molecule has 1 fully saturated rings. The molecule has 1 atom stereocenters. The summed E-state index contributed by atoms with van der Waals surface area (Å²) >= 11 is 0. The second-order valence-corrected chi connectivity index (χ2v) is 5.05. The van der Waals surface area contributed by atoms with E-state index in [1.165, 1.54) is 0 Å². The highest BCUT2D eigenvalue weighted by atomic mass is 16.2. The van der Waals surface area contributed by atoms with Crippen molar-refractivity contribution in [3.63, 3.8) is 0 Å². The van der Waals surface area contributed by atoms with Crippen LogP contribution in [0.25, 0.3) is 0 Å². The van der Waals surface area contributed by atoms with Crippen molar-refractivity contribution >= 4 is 11.8 Å². The molecule has 2 amide bonds. The van der Waals surface area contributed by atoms with Gasteiger partial charge in [0.25, 0.3) is 0 Å². The first-order valence-electron chi connectivity index (χ1n) is 6.30. The minimum Gasteiger partial charge on any atom is -0.370 e. The van der Waals surface area contributed by atoms with Gasteiger partial charge in [-0.15, -0.1) is 0 Å². The van der Waals surface area contributed by atoms with Crippen LogP contribution < -0.4 is 11.1 Å². The fraction of sp³-hybridized carbons (Fsp3) is 0.833. The molecule has 1 unspecified atom stereocenters. The molecular formula is C12H23N3O2. The average Bonchev–Trinajstić information content (AvgIpc) is 2.64. The summed E-state index contributed by atoms with van der Waals surface area (Å²) in [6, 6.07) is -0.0229. The Morgan fingerprint density at radius 3 is 2.76 bits per heavy atom. The van der Waals surface area contributed by atoms with Gasteiger partial charge in [0.1, 0.15) is 0 Å². The van der Waals surface area contributed by atoms with Gasteiger partial charge in [-0.25, -0.2) is 0 Å². The Morgan fingerprint density at radius 1 is 1.47 bits per heavy atom. The Kier molecular flexibility index (Phi) is 5.41. The largest absolute Gasteiger partial charge is 0.370 e. The normalized spacial score (nSPS) is 20.8. The van der Waals surface area contributed by atoms with Gasteiger partial charge < -0.3 is 11.1 Å². The number of carbonyl (C=O) groups excluding carboxylic acids is 2. The molecule has 0 aromatic carbocycles. The molecule has 0 aromatic heterocycles. The van der Waals surface area contributed by atoms with Gasteiger partial charge in [0.15, 0.2) is 0 Å². The third kappa shape index (κ3) is 4.73. The van der Waals surface area contributed by atoms with Crippen LogP contribution in [-0.2, 0) is 9.59 Å². The van der Waals surface area contributed by atoms with Crippen LogP contribution in [0.5, 0.6) is 0 Å². The topological polar surface area (TPSA) is 75.4 Å². The Balaban J connectivity index is 2.36. The molecule has 0 aliphatic carbocycles. The smallest absolute Gasteiger partial charge is 0.237 e. The van der Waals surface area contributed by atoms with E-state index in [1.54, 1.807) is 0 Å². The molecule has 5 heteroatoms. The number of rotatable bonds is 6. The number of amides is 2. The number of nitrogens with zero attached hydrogens (tertiary/aromatic N) is 1. The number of hydrogen-bond acceptors (Lipinski definition) is 3. The van der Waals surface area contributed by atoms with Crippen LogP contribution in [0.15, 0.2) is 0 Å². The van der Waals surface area contributed by atoms with Crippen molar-refractivity contribution in [1.29, 1.82) is 0 Å². The molecule has 5 nitrogen and oxygen atoms in total. The second-order valence-electron chi connectivity index (χ2n) is 5.05. The Labute approximate surface area is 103 Å². The zero-order chi connectivity index (χ0) is 12.8. The summed E-state index contributed by atoms with van der Waals surface area (Å²) < 4.78 is 0. The van der Waals surface area contributed by atoms with Gasteiger partial charge in [-0.1, -0.05) is 13.8 Å². The van der Waals surface area contributed by atoms with Crippen LogP contribution in [-0.4, -0.2) is 42.4 Å². The lowest BCUT2D eigenvalue weighted by molar-refractivity contribution is -0.125. The van der Waals surface area contributed by atoms with E-state index in [9.17, 15) is 9.59 Å². The van der Waals surface area contributed by atoms with Crippen LogP contribution in [0.2, 0.25) is 0 Å². The first kappa shape index (κ1) is 14.0. The van der Waals surface area contributed by atoms with E-state index in [0.29, 0.717) is 12.5 Å². The molecule has 98 valence electrons. The molecule has 1 rings (SSSR count). The van der Waals surface area contributed by atoms with E-state index < -0.39 is 0 Å². The molecule has 0 radical (unpaired) electrons. The van der Waals surface area contributed by atoms with E-state index in [-0.39, 0.29) is 24.3 Å². The quantitative estimate of drug-likeness (QED) is 0.516. The van der Waals surface area contributed by atoms with Gasteiger partial charge >= 0.3 is 0 Å². The monoisotopic (exact) mass is 247 g/mol. The molecular weight excluding hydrogens is 224 g/mol. The molecule has 17 heavy (non-hydrogen) atoms. The number of carbonyl (C=O) groups is 2. The Bertz CT molecular complexity index is 279. The molecule has 1 heterocycles. The van der Waals surface area contributed by atoms with Crippen LogP contribution in [0, 0.1) is 5.92 Å². The van der Waals surface area contributed by atoms with Crippen molar-refractivity contribution in [2.75, 3.05) is 19.6 Å². The highest BCUT2D eigenvalue weighted by molar-refractivity contribution is 5.82. The molecule has 0 spiro atoms. The van der Waals surface area contributed by atoms with Crippen molar-refractivity contribution in [3.8, 4) is 0 Å². The first-order valence-corrected chi connectivity index (χ1v) is 6.30. The number of hydrogen-bond donors (Lipinski definition) is 2. The van der Waals surface area contributed by atoms with Gasteiger partial charge in [-0.3, -0.25) is 14.5 Å². The predicted octanol–water partition coefficient (Wildman–Crippen LogP) is 0.0984. The van der Waals surface area contributed by atoms with Crippen LogP contribution in [0.3, 0.4) is 0 Å². The van der Waals surface area contributed by atoms with Gasteiger partial charge in [0.05, 0.1) is 6.04 Å². The molecule has 1 aliphatic rings. The van der Waals surface area contributed by atoms with Crippen molar-refractivity contribution < 1.29 is 9.59 Å². The summed E-state index contributed by atoms with van der Waals surface area (Å²) in [6.07, 6.45) is 2.19. The van der Waals surface area contributed by atoms with E-state index in [0.717, 1.165) is 25.9 Å². The SMILES string of the molecule is CC(C)[13CH2][15N]1CCC[13CH]1C(=O)NC[13CH2][13C]([15NH2])=O. The van der Waals surface area contributed by atoms with Gasteiger partial charge in [0.2, 0.25) is 11.8 Å². The van der Waals surface area contributed by atoms with E-state index in [2.05, 4.69) is 24.1 Å². The minimum atomic E-state index is -0.379. The fourth-order valence-corrected chi connectivity index (χ4v) is 2.24. The average molecular weight is 247 g/mol. The maximum Gasteiger partial charge on any atom is 0.237 e. The second kappa shape index (κ2) is 6.59. The van der Waals surface area contributed by atoms with Gasteiger partial charge in [-0.05, 0) is 25.3 Å². The third-order valence-electron chi connectivity index (χ3n) is 2.94. The zero-order valence-corrected chi connectivity index (χ0v) is 10.7. The number of likely N-dealkylation sites (tertiary alicyclic amines) is 1. The number of primary amides is 1. The Morgan fingerprint density at radius 2 is 2.18 bits per heavy atom. The van der Waals surface area contributed by atoms with Crippen LogP contribution in [0.4, 0.5) is 0 Å². The van der Waals surface area contributed by atoms with E-state index >= 15 is 0 Å². The maximum absolute atomic E-state index is 11.9. The summed E-state index contributed by atoms with van der Waals surface area (Å²) in [5, 5.41) is 2.78. The first-order chi connectivity index (χ1) is 8.00. The molecule has 0 aromatic rings. The lowest BCUT2D eigenvalue weighted by atomic mass is 10.4. The summed E-state index contributed by atoms with van der Waals surface area (Å²) in [5.74, 6) is 0.217. The molecule has 3 N–H and O–H groups in total. The standard InChI is InChI=1S/C12H23N3O2/c1-9(2)8-15-7-3-4-10(15)12(17)14-6-5-11(13)16/h9-10H,3-8H2,1-2H3,(H2,13,16)(H,14,17)/i5+1,8+1,10+1,11+1,13+1,15+1. The molecule has 1 aliphatic heterocycles. The highest BCUT2D eigenvalue weighted by Crippen LogP contribution is 2.18.